The molecule has 1 heterocycles. The van der Waals surface area contributed by atoms with Crippen LogP contribution in [0.4, 0.5) is 0 Å². The van der Waals surface area contributed by atoms with E-state index in [0.29, 0.717) is 25.1 Å². The van der Waals surface area contributed by atoms with Crippen LogP contribution in [0.3, 0.4) is 0 Å². The molecule has 0 saturated carbocycles. The van der Waals surface area contributed by atoms with E-state index >= 15 is 0 Å². The fraction of sp³-hybridized carbons (Fsp3) is 0.263. The van der Waals surface area contributed by atoms with Crippen LogP contribution in [0.25, 0.3) is 0 Å². The van der Waals surface area contributed by atoms with Crippen molar-refractivity contribution in [1.29, 1.82) is 5.26 Å². The molecule has 122 valence electrons. The molecule has 5 heteroatoms. The summed E-state index contributed by atoms with van der Waals surface area (Å²) in [5.74, 6) is 1.30. The summed E-state index contributed by atoms with van der Waals surface area (Å²) in [5.41, 5.74) is 2.59. The number of methoxy groups -OCH3 is 1. The van der Waals surface area contributed by atoms with Gasteiger partial charge in [-0.25, -0.2) is 0 Å². The SMILES string of the molecule is COc1ccc2c(c1)OC[C@H](C(=O)NCc1ccc(C#N)cc1)C2. The van der Waals surface area contributed by atoms with E-state index in [1.165, 1.54) is 0 Å². The third-order valence-corrected chi connectivity index (χ3v) is 4.10. The summed E-state index contributed by atoms with van der Waals surface area (Å²) in [4.78, 5) is 12.4. The normalized spacial score (nSPS) is 15.6. The van der Waals surface area contributed by atoms with E-state index in [0.717, 1.165) is 22.6 Å². The van der Waals surface area contributed by atoms with Gasteiger partial charge in [0.25, 0.3) is 0 Å². The minimum atomic E-state index is -0.204. The topological polar surface area (TPSA) is 71.3 Å². The number of hydrogen-bond acceptors (Lipinski definition) is 4. The van der Waals surface area contributed by atoms with Crippen LogP contribution in [0.2, 0.25) is 0 Å². The second-order valence-electron chi connectivity index (χ2n) is 5.71. The number of carbonyl (C=O) groups is 1. The van der Waals surface area contributed by atoms with E-state index in [-0.39, 0.29) is 11.8 Å². The first-order valence-electron chi connectivity index (χ1n) is 7.76. The Morgan fingerprint density at radius 3 is 2.83 bits per heavy atom. The van der Waals surface area contributed by atoms with Gasteiger partial charge in [0.15, 0.2) is 0 Å². The molecule has 1 atom stereocenters. The average Bonchev–Trinajstić information content (AvgIpc) is 2.65. The molecule has 0 spiro atoms. The number of nitriles is 1. The van der Waals surface area contributed by atoms with E-state index in [2.05, 4.69) is 11.4 Å². The molecule has 1 aliphatic heterocycles. The molecule has 24 heavy (non-hydrogen) atoms. The zero-order valence-corrected chi connectivity index (χ0v) is 13.4. The molecule has 3 rings (SSSR count). The Kier molecular flexibility index (Phi) is 4.66. The molecule has 2 aromatic carbocycles. The summed E-state index contributed by atoms with van der Waals surface area (Å²) in [7, 11) is 1.62. The molecule has 1 N–H and O–H groups in total. The van der Waals surface area contributed by atoms with Crippen molar-refractivity contribution >= 4 is 5.91 Å². The van der Waals surface area contributed by atoms with Crippen LogP contribution in [0.1, 0.15) is 16.7 Å². The maximum Gasteiger partial charge on any atom is 0.227 e. The zero-order valence-electron chi connectivity index (χ0n) is 13.4. The standard InChI is InChI=1S/C19H18N2O3/c1-23-17-7-6-15-8-16(12-24-18(15)9-17)19(22)21-11-14-4-2-13(10-20)3-5-14/h2-7,9,16H,8,11-12H2,1H3,(H,21,22)/t16-/m1/s1. The Hall–Kier alpha value is -3.00. The maximum absolute atomic E-state index is 12.4. The summed E-state index contributed by atoms with van der Waals surface area (Å²) in [6.45, 7) is 0.801. The first-order chi connectivity index (χ1) is 11.7. The number of fused-ring (bicyclic) bond motifs is 1. The number of carbonyl (C=O) groups excluding carboxylic acids is 1. The molecule has 0 unspecified atom stereocenters. The lowest BCUT2D eigenvalue weighted by molar-refractivity contribution is -0.126. The van der Waals surface area contributed by atoms with Crippen LogP contribution in [-0.4, -0.2) is 19.6 Å². The maximum atomic E-state index is 12.4. The van der Waals surface area contributed by atoms with Gasteiger partial charge in [-0.1, -0.05) is 18.2 Å². The quantitative estimate of drug-likeness (QED) is 0.938. The second kappa shape index (κ2) is 7.05. The van der Waals surface area contributed by atoms with Crippen LogP contribution >= 0.6 is 0 Å². The Balaban J connectivity index is 1.58. The number of hydrogen-bond donors (Lipinski definition) is 1. The van der Waals surface area contributed by atoms with Gasteiger partial charge in [0.2, 0.25) is 5.91 Å². The van der Waals surface area contributed by atoms with Gasteiger partial charge in [-0.15, -0.1) is 0 Å². The molecular formula is C19H18N2O3. The lowest BCUT2D eigenvalue weighted by atomic mass is 9.96. The van der Waals surface area contributed by atoms with Gasteiger partial charge >= 0.3 is 0 Å². The van der Waals surface area contributed by atoms with Gasteiger partial charge in [0.05, 0.1) is 24.7 Å². The molecule has 2 aromatic rings. The Morgan fingerprint density at radius 1 is 1.33 bits per heavy atom. The molecule has 0 aromatic heterocycles. The third-order valence-electron chi connectivity index (χ3n) is 4.10. The first-order valence-corrected chi connectivity index (χ1v) is 7.76. The summed E-state index contributed by atoms with van der Waals surface area (Å²) >= 11 is 0. The van der Waals surface area contributed by atoms with Crippen LogP contribution in [-0.2, 0) is 17.8 Å². The highest BCUT2D eigenvalue weighted by molar-refractivity contribution is 5.79. The minimum Gasteiger partial charge on any atom is -0.497 e. The number of amides is 1. The minimum absolute atomic E-state index is 0.0270. The van der Waals surface area contributed by atoms with Crippen molar-refractivity contribution in [2.45, 2.75) is 13.0 Å². The zero-order chi connectivity index (χ0) is 16.9. The predicted molar refractivity (Wildman–Crippen MR) is 88.7 cm³/mol. The molecule has 0 bridgehead atoms. The van der Waals surface area contributed by atoms with E-state index in [4.69, 9.17) is 14.7 Å². The van der Waals surface area contributed by atoms with Crippen LogP contribution in [0, 0.1) is 17.2 Å². The Bertz CT molecular complexity index is 778. The number of nitrogens with one attached hydrogen (secondary N) is 1. The van der Waals surface area contributed by atoms with Gasteiger partial charge in [-0.2, -0.15) is 5.26 Å². The van der Waals surface area contributed by atoms with Crippen molar-refractivity contribution in [3.63, 3.8) is 0 Å². The first kappa shape index (κ1) is 15.9. The predicted octanol–water partition coefficient (Wildman–Crippen LogP) is 2.43. The van der Waals surface area contributed by atoms with Crippen LogP contribution < -0.4 is 14.8 Å². The molecule has 0 aliphatic carbocycles. The lowest BCUT2D eigenvalue weighted by Crippen LogP contribution is -2.37. The van der Waals surface area contributed by atoms with Crippen molar-refractivity contribution in [2.24, 2.45) is 5.92 Å². The fourth-order valence-electron chi connectivity index (χ4n) is 2.68. The smallest absolute Gasteiger partial charge is 0.227 e. The fourth-order valence-corrected chi connectivity index (χ4v) is 2.68. The average molecular weight is 322 g/mol. The molecular weight excluding hydrogens is 304 g/mol. The van der Waals surface area contributed by atoms with Crippen molar-refractivity contribution in [2.75, 3.05) is 13.7 Å². The van der Waals surface area contributed by atoms with Gasteiger partial charge < -0.3 is 14.8 Å². The highest BCUT2D eigenvalue weighted by Crippen LogP contribution is 2.31. The summed E-state index contributed by atoms with van der Waals surface area (Å²) in [5, 5.41) is 11.7. The summed E-state index contributed by atoms with van der Waals surface area (Å²) in [6, 6.07) is 14.9. The Labute approximate surface area is 140 Å². The molecule has 1 amide bonds. The molecule has 0 radical (unpaired) electrons. The molecule has 5 nitrogen and oxygen atoms in total. The number of nitrogens with zero attached hydrogens (tertiary/aromatic N) is 1. The van der Waals surface area contributed by atoms with E-state index in [9.17, 15) is 4.79 Å². The van der Waals surface area contributed by atoms with E-state index in [1.54, 1.807) is 19.2 Å². The summed E-state index contributed by atoms with van der Waals surface area (Å²) in [6.07, 6.45) is 0.651. The van der Waals surface area contributed by atoms with Crippen LogP contribution in [0.5, 0.6) is 11.5 Å². The molecule has 1 aliphatic rings. The van der Waals surface area contributed by atoms with Crippen molar-refractivity contribution in [1.82, 2.24) is 5.32 Å². The summed E-state index contributed by atoms with van der Waals surface area (Å²) < 4.78 is 10.9. The lowest BCUT2D eigenvalue weighted by Gasteiger charge is -2.25. The van der Waals surface area contributed by atoms with E-state index in [1.807, 2.05) is 30.3 Å². The number of rotatable bonds is 4. The highest BCUT2D eigenvalue weighted by Gasteiger charge is 2.26. The van der Waals surface area contributed by atoms with Crippen molar-refractivity contribution < 1.29 is 14.3 Å². The van der Waals surface area contributed by atoms with Gasteiger partial charge in [-0.3, -0.25) is 4.79 Å². The van der Waals surface area contributed by atoms with E-state index < -0.39 is 0 Å². The monoisotopic (exact) mass is 322 g/mol. The second-order valence-corrected chi connectivity index (χ2v) is 5.71. The van der Waals surface area contributed by atoms with Gasteiger partial charge in [0, 0.05) is 12.6 Å². The molecule has 0 saturated heterocycles. The highest BCUT2D eigenvalue weighted by atomic mass is 16.5. The third kappa shape index (κ3) is 3.49. The number of ether oxygens (including phenoxy) is 2. The van der Waals surface area contributed by atoms with Gasteiger partial charge in [0.1, 0.15) is 18.1 Å². The van der Waals surface area contributed by atoms with Crippen molar-refractivity contribution in [3.8, 4) is 17.6 Å². The van der Waals surface area contributed by atoms with Crippen molar-refractivity contribution in [3.05, 3.63) is 59.2 Å². The Morgan fingerprint density at radius 2 is 2.12 bits per heavy atom. The van der Waals surface area contributed by atoms with Crippen LogP contribution in [0.15, 0.2) is 42.5 Å². The number of benzene rings is 2. The van der Waals surface area contributed by atoms with Gasteiger partial charge in [-0.05, 0) is 35.7 Å². The largest absolute Gasteiger partial charge is 0.497 e. The molecule has 0 fully saturated rings.